The third-order valence-corrected chi connectivity index (χ3v) is 1.43. The van der Waals surface area contributed by atoms with Crippen LogP contribution in [0.5, 0.6) is 0 Å². The number of esters is 1. The van der Waals surface area contributed by atoms with Crippen molar-refractivity contribution in [3.05, 3.63) is 12.7 Å². The summed E-state index contributed by atoms with van der Waals surface area (Å²) in [4.78, 5) is 10.6. The molecular weight excluding hydrogens is 128 g/mol. The van der Waals surface area contributed by atoms with Gasteiger partial charge in [0.1, 0.15) is 0 Å². The van der Waals surface area contributed by atoms with Crippen molar-refractivity contribution in [2.24, 2.45) is 5.92 Å². The van der Waals surface area contributed by atoms with Gasteiger partial charge in [-0.05, 0) is 12.3 Å². The maximum absolute atomic E-state index is 10.6. The molecule has 0 amide bonds. The summed E-state index contributed by atoms with van der Waals surface area (Å²) >= 11 is 0. The quantitative estimate of drug-likeness (QED) is 0.441. The van der Waals surface area contributed by atoms with Crippen molar-refractivity contribution in [1.82, 2.24) is 0 Å². The minimum Gasteiger partial charge on any atom is -0.469 e. The maximum atomic E-state index is 10.6. The summed E-state index contributed by atoms with van der Waals surface area (Å²) in [5.41, 5.74) is 0. The van der Waals surface area contributed by atoms with Crippen LogP contribution in [0.4, 0.5) is 0 Å². The first-order valence-corrected chi connectivity index (χ1v) is 3.40. The number of carbonyl (C=O) groups is 1. The molecule has 0 aromatic heterocycles. The summed E-state index contributed by atoms with van der Waals surface area (Å²) in [6.07, 6.45) is 3.16. The summed E-state index contributed by atoms with van der Waals surface area (Å²) in [7, 11) is 1.40. The molecule has 0 aliphatic carbocycles. The van der Waals surface area contributed by atoms with Gasteiger partial charge in [-0.2, -0.15) is 0 Å². The highest BCUT2D eigenvalue weighted by molar-refractivity contribution is 5.69. The standard InChI is InChI=1S/C8H14O2/c1-4-7(2)5-6-8(9)10-3/h4,7H,1,5-6H2,2-3H3/t7-/m0/s1. The minimum absolute atomic E-state index is 0.145. The van der Waals surface area contributed by atoms with E-state index < -0.39 is 0 Å². The molecule has 0 aliphatic heterocycles. The molecule has 0 aromatic carbocycles. The minimum atomic E-state index is -0.145. The van der Waals surface area contributed by atoms with Gasteiger partial charge in [-0.15, -0.1) is 6.58 Å². The highest BCUT2D eigenvalue weighted by atomic mass is 16.5. The third kappa shape index (κ3) is 4.13. The summed E-state index contributed by atoms with van der Waals surface area (Å²) in [5, 5.41) is 0. The Hall–Kier alpha value is -0.790. The van der Waals surface area contributed by atoms with E-state index in [1.807, 2.05) is 13.0 Å². The lowest BCUT2D eigenvalue weighted by Crippen LogP contribution is -2.02. The predicted octanol–water partition coefficient (Wildman–Crippen LogP) is 1.76. The second-order valence-corrected chi connectivity index (χ2v) is 2.33. The number of allylic oxidation sites excluding steroid dienone is 1. The maximum Gasteiger partial charge on any atom is 0.305 e. The van der Waals surface area contributed by atoms with Crippen LogP contribution in [0.15, 0.2) is 12.7 Å². The van der Waals surface area contributed by atoms with Crippen molar-refractivity contribution in [2.45, 2.75) is 19.8 Å². The summed E-state index contributed by atoms with van der Waals surface area (Å²) in [6, 6.07) is 0. The van der Waals surface area contributed by atoms with Gasteiger partial charge in [0.15, 0.2) is 0 Å². The molecule has 0 bridgehead atoms. The number of hydrogen-bond donors (Lipinski definition) is 0. The zero-order valence-electron chi connectivity index (χ0n) is 6.59. The molecule has 0 rings (SSSR count). The molecule has 0 fully saturated rings. The largest absolute Gasteiger partial charge is 0.469 e. The summed E-state index contributed by atoms with van der Waals surface area (Å²) in [6.45, 7) is 5.64. The van der Waals surface area contributed by atoms with Gasteiger partial charge >= 0.3 is 5.97 Å². The fourth-order valence-corrected chi connectivity index (χ4v) is 0.565. The van der Waals surface area contributed by atoms with Gasteiger partial charge in [0.25, 0.3) is 0 Å². The van der Waals surface area contributed by atoms with E-state index in [1.165, 1.54) is 7.11 Å². The molecule has 0 aromatic rings. The van der Waals surface area contributed by atoms with Gasteiger partial charge in [0.2, 0.25) is 0 Å². The Kier molecular flexibility index (Phi) is 4.63. The average molecular weight is 142 g/mol. The molecular formula is C8H14O2. The third-order valence-electron chi connectivity index (χ3n) is 1.43. The Bertz CT molecular complexity index is 118. The Morgan fingerprint density at radius 1 is 1.80 bits per heavy atom. The average Bonchev–Trinajstić information content (AvgIpc) is 1.99. The zero-order chi connectivity index (χ0) is 7.98. The molecule has 2 heteroatoms. The van der Waals surface area contributed by atoms with Gasteiger partial charge in [0, 0.05) is 6.42 Å². The molecule has 0 heterocycles. The summed E-state index contributed by atoms with van der Waals surface area (Å²) in [5.74, 6) is 0.257. The highest BCUT2D eigenvalue weighted by Crippen LogP contribution is 2.05. The fourth-order valence-electron chi connectivity index (χ4n) is 0.565. The molecule has 0 radical (unpaired) electrons. The fraction of sp³-hybridized carbons (Fsp3) is 0.625. The lowest BCUT2D eigenvalue weighted by atomic mass is 10.1. The Morgan fingerprint density at radius 3 is 2.80 bits per heavy atom. The van der Waals surface area contributed by atoms with E-state index in [1.54, 1.807) is 0 Å². The first-order valence-electron chi connectivity index (χ1n) is 3.40. The number of ether oxygens (including phenoxy) is 1. The van der Waals surface area contributed by atoms with Gasteiger partial charge < -0.3 is 4.74 Å². The molecule has 0 saturated heterocycles. The van der Waals surface area contributed by atoms with Crippen LogP contribution in [0.25, 0.3) is 0 Å². The first kappa shape index (κ1) is 9.21. The van der Waals surface area contributed by atoms with Crippen LogP contribution < -0.4 is 0 Å². The van der Waals surface area contributed by atoms with Crippen LogP contribution in [0.2, 0.25) is 0 Å². The Balaban J connectivity index is 3.34. The van der Waals surface area contributed by atoms with E-state index in [0.717, 1.165) is 6.42 Å². The van der Waals surface area contributed by atoms with Crippen LogP contribution in [0.1, 0.15) is 19.8 Å². The molecule has 10 heavy (non-hydrogen) atoms. The van der Waals surface area contributed by atoms with Crippen molar-refractivity contribution in [2.75, 3.05) is 7.11 Å². The summed E-state index contributed by atoms with van der Waals surface area (Å²) < 4.78 is 4.47. The van der Waals surface area contributed by atoms with Gasteiger partial charge in [-0.3, -0.25) is 4.79 Å². The molecule has 1 atom stereocenters. The number of carbonyl (C=O) groups excluding carboxylic acids is 1. The second kappa shape index (κ2) is 5.03. The van der Waals surface area contributed by atoms with E-state index in [2.05, 4.69) is 11.3 Å². The van der Waals surface area contributed by atoms with Crippen molar-refractivity contribution in [1.29, 1.82) is 0 Å². The van der Waals surface area contributed by atoms with Gasteiger partial charge in [-0.25, -0.2) is 0 Å². The SMILES string of the molecule is C=C[C@H](C)CCC(=O)OC. The molecule has 0 aliphatic rings. The lowest BCUT2D eigenvalue weighted by Gasteiger charge is -2.02. The van der Waals surface area contributed by atoms with E-state index in [9.17, 15) is 4.79 Å². The Labute approximate surface area is 61.9 Å². The normalized spacial score (nSPS) is 12.2. The van der Waals surface area contributed by atoms with Crippen molar-refractivity contribution < 1.29 is 9.53 Å². The predicted molar refractivity (Wildman–Crippen MR) is 40.6 cm³/mol. The van der Waals surface area contributed by atoms with E-state index in [4.69, 9.17) is 0 Å². The van der Waals surface area contributed by atoms with E-state index in [0.29, 0.717) is 12.3 Å². The zero-order valence-corrected chi connectivity index (χ0v) is 6.59. The molecule has 0 N–H and O–H groups in total. The monoisotopic (exact) mass is 142 g/mol. The molecule has 2 nitrogen and oxygen atoms in total. The molecule has 0 unspecified atom stereocenters. The Morgan fingerprint density at radius 2 is 2.40 bits per heavy atom. The lowest BCUT2D eigenvalue weighted by molar-refractivity contribution is -0.140. The second-order valence-electron chi connectivity index (χ2n) is 2.33. The van der Waals surface area contributed by atoms with E-state index >= 15 is 0 Å². The van der Waals surface area contributed by atoms with Crippen LogP contribution in [-0.2, 0) is 9.53 Å². The topological polar surface area (TPSA) is 26.3 Å². The first-order chi connectivity index (χ1) is 4.70. The number of methoxy groups -OCH3 is 1. The smallest absolute Gasteiger partial charge is 0.305 e. The van der Waals surface area contributed by atoms with Crippen LogP contribution in [0, 0.1) is 5.92 Å². The van der Waals surface area contributed by atoms with Crippen molar-refractivity contribution in [3.63, 3.8) is 0 Å². The molecule has 0 spiro atoms. The molecule has 58 valence electrons. The van der Waals surface area contributed by atoms with Crippen LogP contribution in [-0.4, -0.2) is 13.1 Å². The van der Waals surface area contributed by atoms with Crippen molar-refractivity contribution in [3.8, 4) is 0 Å². The number of rotatable bonds is 4. The van der Waals surface area contributed by atoms with Gasteiger partial charge in [0.05, 0.1) is 7.11 Å². The van der Waals surface area contributed by atoms with E-state index in [-0.39, 0.29) is 5.97 Å². The van der Waals surface area contributed by atoms with Crippen LogP contribution in [0.3, 0.4) is 0 Å². The van der Waals surface area contributed by atoms with Crippen molar-refractivity contribution >= 4 is 5.97 Å². The highest BCUT2D eigenvalue weighted by Gasteiger charge is 2.02. The van der Waals surface area contributed by atoms with Gasteiger partial charge in [-0.1, -0.05) is 13.0 Å². The number of hydrogen-bond acceptors (Lipinski definition) is 2. The molecule has 0 saturated carbocycles. The van der Waals surface area contributed by atoms with Crippen LogP contribution >= 0.6 is 0 Å².